The van der Waals surface area contributed by atoms with Crippen molar-refractivity contribution in [3.8, 4) is 34.4 Å². The molecule has 2 heterocycles. The maximum Gasteiger partial charge on any atom is 0.265 e. The van der Waals surface area contributed by atoms with Crippen molar-refractivity contribution < 1.29 is 18.0 Å². The molecule has 2 aromatic carbocycles. The number of halogens is 2. The molecule has 4 aromatic rings. The number of nitrogens with zero attached hydrogens (tertiary/aromatic N) is 4. The van der Waals surface area contributed by atoms with Gasteiger partial charge in [0.05, 0.1) is 24.1 Å². The fraction of sp³-hybridized carbons (Fsp3) is 0.150. The Morgan fingerprint density at radius 2 is 1.93 bits per heavy atom. The van der Waals surface area contributed by atoms with E-state index in [1.807, 2.05) is 38.1 Å². The minimum atomic E-state index is -0.644. The van der Waals surface area contributed by atoms with E-state index in [-0.39, 0.29) is 17.3 Å². The maximum atomic E-state index is 14.0. The Labute approximate surface area is 159 Å². The molecule has 28 heavy (non-hydrogen) atoms. The Morgan fingerprint density at radius 1 is 1.11 bits per heavy atom. The maximum absolute atomic E-state index is 14.0. The van der Waals surface area contributed by atoms with E-state index in [9.17, 15) is 8.78 Å². The van der Waals surface area contributed by atoms with Crippen LogP contribution >= 0.6 is 0 Å². The molecule has 0 bridgehead atoms. The molecule has 0 aliphatic heterocycles. The summed E-state index contributed by atoms with van der Waals surface area (Å²) in [5.41, 5.74) is 2.22. The second-order valence-corrected chi connectivity index (χ2v) is 6.04. The van der Waals surface area contributed by atoms with Gasteiger partial charge in [-0.25, -0.2) is 13.5 Å². The van der Waals surface area contributed by atoms with Crippen molar-refractivity contribution in [2.45, 2.75) is 13.8 Å². The predicted molar refractivity (Wildman–Crippen MR) is 98.1 cm³/mol. The molecule has 4 rings (SSSR count). The van der Waals surface area contributed by atoms with E-state index in [4.69, 9.17) is 9.26 Å². The SMILES string of the molecule is CCOc1c(-c2nc(-c3cc(F)ccc3F)no2)cnn1-c1ccccc1C. The van der Waals surface area contributed by atoms with Crippen LogP contribution in [0.1, 0.15) is 12.5 Å². The van der Waals surface area contributed by atoms with Gasteiger partial charge in [-0.15, -0.1) is 0 Å². The van der Waals surface area contributed by atoms with Crippen LogP contribution in [0.25, 0.3) is 28.5 Å². The van der Waals surface area contributed by atoms with Crippen LogP contribution in [0.5, 0.6) is 5.88 Å². The highest BCUT2D eigenvalue weighted by Gasteiger charge is 2.22. The zero-order valence-corrected chi connectivity index (χ0v) is 15.2. The van der Waals surface area contributed by atoms with Gasteiger partial charge in [0.15, 0.2) is 0 Å². The van der Waals surface area contributed by atoms with Gasteiger partial charge in [-0.3, -0.25) is 0 Å². The molecule has 6 nitrogen and oxygen atoms in total. The molecule has 0 saturated carbocycles. The van der Waals surface area contributed by atoms with Gasteiger partial charge >= 0.3 is 0 Å². The van der Waals surface area contributed by atoms with E-state index in [0.717, 1.165) is 29.4 Å². The quantitative estimate of drug-likeness (QED) is 0.506. The van der Waals surface area contributed by atoms with E-state index in [1.165, 1.54) is 6.20 Å². The first-order valence-electron chi connectivity index (χ1n) is 8.64. The van der Waals surface area contributed by atoms with Crippen LogP contribution in [0.4, 0.5) is 8.78 Å². The number of aryl methyl sites for hydroxylation is 1. The summed E-state index contributed by atoms with van der Waals surface area (Å²) in [6, 6.07) is 10.8. The van der Waals surface area contributed by atoms with Crippen LogP contribution in [0, 0.1) is 18.6 Å². The van der Waals surface area contributed by atoms with Crippen LogP contribution in [0.3, 0.4) is 0 Å². The standard InChI is InChI=1S/C20H16F2N4O2/c1-3-27-20-15(11-23-26(20)17-7-5-4-6-12(17)2)19-24-18(25-28-19)14-10-13(21)8-9-16(14)22/h4-11H,3H2,1-2H3. The highest BCUT2D eigenvalue weighted by Crippen LogP contribution is 2.33. The van der Waals surface area contributed by atoms with Gasteiger partial charge in [-0.2, -0.15) is 10.1 Å². The molecule has 0 unspecified atom stereocenters. The number of ether oxygens (including phenoxy) is 1. The largest absolute Gasteiger partial charge is 0.477 e. The van der Waals surface area contributed by atoms with Crippen molar-refractivity contribution >= 4 is 0 Å². The lowest BCUT2D eigenvalue weighted by atomic mass is 10.2. The molecular weight excluding hydrogens is 366 g/mol. The summed E-state index contributed by atoms with van der Waals surface area (Å²) in [5.74, 6) is -0.772. The zero-order valence-electron chi connectivity index (χ0n) is 15.2. The Hall–Kier alpha value is -3.55. The lowest BCUT2D eigenvalue weighted by molar-refractivity contribution is 0.316. The van der Waals surface area contributed by atoms with Crippen LogP contribution in [-0.4, -0.2) is 26.5 Å². The van der Waals surface area contributed by atoms with Crippen molar-refractivity contribution in [2.75, 3.05) is 6.61 Å². The number of aromatic nitrogens is 4. The molecule has 0 aliphatic carbocycles. The first-order valence-corrected chi connectivity index (χ1v) is 8.64. The monoisotopic (exact) mass is 382 g/mol. The minimum absolute atomic E-state index is 0.0573. The highest BCUT2D eigenvalue weighted by atomic mass is 19.1. The molecule has 0 amide bonds. The molecule has 0 saturated heterocycles. The molecule has 0 fully saturated rings. The van der Waals surface area contributed by atoms with Crippen molar-refractivity contribution in [1.82, 2.24) is 19.9 Å². The normalized spacial score (nSPS) is 11.0. The fourth-order valence-electron chi connectivity index (χ4n) is 2.84. The van der Waals surface area contributed by atoms with Crippen molar-refractivity contribution in [2.24, 2.45) is 0 Å². The Bertz CT molecular complexity index is 1140. The first-order chi connectivity index (χ1) is 13.6. The summed E-state index contributed by atoms with van der Waals surface area (Å²) in [7, 11) is 0. The molecule has 2 aromatic heterocycles. The van der Waals surface area contributed by atoms with E-state index in [1.54, 1.807) is 4.68 Å². The molecule has 0 N–H and O–H groups in total. The summed E-state index contributed by atoms with van der Waals surface area (Å²) in [5, 5.41) is 8.17. The van der Waals surface area contributed by atoms with Gasteiger partial charge in [-0.05, 0) is 43.7 Å². The number of para-hydroxylation sites is 1. The van der Waals surface area contributed by atoms with Gasteiger partial charge in [0.25, 0.3) is 5.89 Å². The number of rotatable bonds is 5. The van der Waals surface area contributed by atoms with E-state index >= 15 is 0 Å². The van der Waals surface area contributed by atoms with Gasteiger partial charge in [0.1, 0.15) is 17.2 Å². The fourth-order valence-corrected chi connectivity index (χ4v) is 2.84. The number of hydrogen-bond acceptors (Lipinski definition) is 5. The van der Waals surface area contributed by atoms with E-state index in [2.05, 4.69) is 15.2 Å². The highest BCUT2D eigenvalue weighted by molar-refractivity contribution is 5.65. The molecular formula is C20H16F2N4O2. The van der Waals surface area contributed by atoms with Gasteiger partial charge < -0.3 is 9.26 Å². The van der Waals surface area contributed by atoms with Crippen molar-refractivity contribution in [3.63, 3.8) is 0 Å². The molecule has 0 spiro atoms. The summed E-state index contributed by atoms with van der Waals surface area (Å²) in [4.78, 5) is 4.21. The van der Waals surface area contributed by atoms with E-state index < -0.39 is 11.6 Å². The predicted octanol–water partition coefficient (Wildman–Crippen LogP) is 4.57. The molecule has 142 valence electrons. The van der Waals surface area contributed by atoms with Gasteiger partial charge in [-0.1, -0.05) is 23.4 Å². The first kappa shape index (κ1) is 17.8. The van der Waals surface area contributed by atoms with Crippen LogP contribution in [0.2, 0.25) is 0 Å². The van der Waals surface area contributed by atoms with Gasteiger partial charge in [0, 0.05) is 0 Å². The second kappa shape index (κ2) is 7.22. The molecule has 0 atom stereocenters. The summed E-state index contributed by atoms with van der Waals surface area (Å²) < 4.78 is 40.2. The van der Waals surface area contributed by atoms with Crippen molar-refractivity contribution in [1.29, 1.82) is 0 Å². The molecule has 8 heteroatoms. The topological polar surface area (TPSA) is 66.0 Å². The smallest absolute Gasteiger partial charge is 0.265 e. The third kappa shape index (κ3) is 3.13. The second-order valence-electron chi connectivity index (χ2n) is 6.04. The number of hydrogen-bond donors (Lipinski definition) is 0. The van der Waals surface area contributed by atoms with Crippen LogP contribution in [-0.2, 0) is 0 Å². The summed E-state index contributed by atoms with van der Waals surface area (Å²) >= 11 is 0. The minimum Gasteiger partial charge on any atom is -0.477 e. The average Bonchev–Trinajstić information content (AvgIpc) is 3.32. The van der Waals surface area contributed by atoms with Crippen LogP contribution in [0.15, 0.2) is 53.2 Å². The molecule has 0 aliphatic rings. The summed E-state index contributed by atoms with van der Waals surface area (Å²) in [6.45, 7) is 4.20. The Kier molecular flexibility index (Phi) is 4.60. The third-order valence-electron chi connectivity index (χ3n) is 4.18. The third-order valence-corrected chi connectivity index (χ3v) is 4.18. The lowest BCUT2D eigenvalue weighted by Gasteiger charge is -2.10. The average molecular weight is 382 g/mol. The Balaban J connectivity index is 1.79. The summed E-state index contributed by atoms with van der Waals surface area (Å²) in [6.07, 6.45) is 1.54. The lowest BCUT2D eigenvalue weighted by Crippen LogP contribution is -2.04. The Morgan fingerprint density at radius 3 is 2.71 bits per heavy atom. The van der Waals surface area contributed by atoms with E-state index in [0.29, 0.717) is 18.1 Å². The zero-order chi connectivity index (χ0) is 19.7. The van der Waals surface area contributed by atoms with Crippen molar-refractivity contribution in [3.05, 3.63) is 65.9 Å². The van der Waals surface area contributed by atoms with Crippen LogP contribution < -0.4 is 4.74 Å². The number of benzene rings is 2. The molecule has 0 radical (unpaired) electrons. The van der Waals surface area contributed by atoms with Gasteiger partial charge in [0.2, 0.25) is 11.7 Å².